The molecule has 0 spiro atoms. The van der Waals surface area contributed by atoms with Gasteiger partial charge in [0, 0.05) is 12.4 Å². The molecule has 1 aromatic carbocycles. The van der Waals surface area contributed by atoms with Crippen LogP contribution < -0.4 is 0 Å². The van der Waals surface area contributed by atoms with E-state index in [-0.39, 0.29) is 11.9 Å². The second-order valence-electron chi connectivity index (χ2n) is 3.24. The largest absolute Gasteiger partial charge is 0.330 e. The molecule has 1 heterocycles. The summed E-state index contributed by atoms with van der Waals surface area (Å²) in [4.78, 5) is 3.98. The molecule has 2 rings (SSSR count). The molecule has 0 bridgehead atoms. The lowest BCUT2D eigenvalue weighted by Gasteiger charge is -2.12. The van der Waals surface area contributed by atoms with Crippen molar-refractivity contribution in [3.8, 4) is 0 Å². The van der Waals surface area contributed by atoms with E-state index in [1.165, 1.54) is 12.1 Å². The molecule has 0 saturated carbocycles. The zero-order valence-corrected chi connectivity index (χ0v) is 7.89. The predicted molar refractivity (Wildman–Crippen MR) is 52.4 cm³/mol. The summed E-state index contributed by atoms with van der Waals surface area (Å²) >= 11 is 0. The molecule has 0 amide bonds. The van der Waals surface area contributed by atoms with Gasteiger partial charge >= 0.3 is 0 Å². The molecule has 0 fully saturated rings. The highest BCUT2D eigenvalue weighted by molar-refractivity contribution is 5.20. The van der Waals surface area contributed by atoms with Gasteiger partial charge in [-0.25, -0.2) is 9.37 Å². The van der Waals surface area contributed by atoms with Gasteiger partial charge in [-0.05, 0) is 24.6 Å². The van der Waals surface area contributed by atoms with Gasteiger partial charge in [0.05, 0.1) is 12.4 Å². The molecule has 3 heteroatoms. The first-order chi connectivity index (χ1) is 6.77. The van der Waals surface area contributed by atoms with Crippen molar-refractivity contribution in [3.05, 3.63) is 54.4 Å². The number of benzene rings is 1. The molecule has 0 aliphatic heterocycles. The zero-order chi connectivity index (χ0) is 9.97. The highest BCUT2D eigenvalue weighted by atomic mass is 19.1. The van der Waals surface area contributed by atoms with Crippen molar-refractivity contribution in [1.29, 1.82) is 0 Å². The molecular formula is C11H11FN2. The van der Waals surface area contributed by atoms with Crippen LogP contribution in [0.15, 0.2) is 43.0 Å². The van der Waals surface area contributed by atoms with Crippen LogP contribution in [-0.4, -0.2) is 9.55 Å². The van der Waals surface area contributed by atoms with E-state index in [0.29, 0.717) is 0 Å². The van der Waals surface area contributed by atoms with Crippen molar-refractivity contribution >= 4 is 0 Å². The van der Waals surface area contributed by atoms with Crippen molar-refractivity contribution in [2.24, 2.45) is 0 Å². The first-order valence-corrected chi connectivity index (χ1v) is 4.50. The van der Waals surface area contributed by atoms with E-state index in [0.717, 1.165) is 5.56 Å². The molecule has 14 heavy (non-hydrogen) atoms. The number of hydrogen-bond acceptors (Lipinski definition) is 1. The molecule has 2 nitrogen and oxygen atoms in total. The monoisotopic (exact) mass is 190 g/mol. The lowest BCUT2D eigenvalue weighted by atomic mass is 10.1. The van der Waals surface area contributed by atoms with E-state index in [1.54, 1.807) is 24.7 Å². The fourth-order valence-corrected chi connectivity index (χ4v) is 1.41. The molecule has 0 aliphatic rings. The van der Waals surface area contributed by atoms with E-state index in [2.05, 4.69) is 11.9 Å². The van der Waals surface area contributed by atoms with Crippen molar-refractivity contribution in [2.45, 2.75) is 13.0 Å². The summed E-state index contributed by atoms with van der Waals surface area (Å²) < 4.78 is 14.7. The second-order valence-corrected chi connectivity index (χ2v) is 3.24. The number of hydrogen-bond donors (Lipinski definition) is 0. The van der Waals surface area contributed by atoms with Gasteiger partial charge in [-0.15, -0.1) is 0 Å². The average Bonchev–Trinajstić information content (AvgIpc) is 2.71. The zero-order valence-electron chi connectivity index (χ0n) is 7.89. The highest BCUT2D eigenvalue weighted by Gasteiger charge is 2.05. The number of aromatic nitrogens is 2. The Labute approximate surface area is 82.0 Å². The Kier molecular flexibility index (Phi) is 2.31. The van der Waals surface area contributed by atoms with Crippen molar-refractivity contribution < 1.29 is 4.39 Å². The maximum atomic E-state index is 12.7. The van der Waals surface area contributed by atoms with Crippen LogP contribution in [0.1, 0.15) is 18.5 Å². The number of nitrogens with zero attached hydrogens (tertiary/aromatic N) is 2. The number of rotatable bonds is 2. The van der Waals surface area contributed by atoms with Crippen molar-refractivity contribution in [2.75, 3.05) is 0 Å². The van der Waals surface area contributed by atoms with Gasteiger partial charge in [0.1, 0.15) is 5.82 Å². The Morgan fingerprint density at radius 1 is 1.29 bits per heavy atom. The summed E-state index contributed by atoms with van der Waals surface area (Å²) in [6.07, 6.45) is 5.39. The third-order valence-electron chi connectivity index (χ3n) is 2.32. The number of imidazole rings is 1. The Morgan fingerprint density at radius 3 is 2.57 bits per heavy atom. The fourth-order valence-electron chi connectivity index (χ4n) is 1.41. The van der Waals surface area contributed by atoms with Gasteiger partial charge in [0.2, 0.25) is 0 Å². The van der Waals surface area contributed by atoms with Crippen molar-refractivity contribution in [3.63, 3.8) is 0 Å². The first-order valence-electron chi connectivity index (χ1n) is 4.50. The molecule has 1 aromatic heterocycles. The van der Waals surface area contributed by atoms with Gasteiger partial charge < -0.3 is 4.57 Å². The summed E-state index contributed by atoms with van der Waals surface area (Å²) in [6.45, 7) is 2.05. The SMILES string of the molecule is C[C@H](c1ccc(F)cc1)n1ccnc1. The van der Waals surface area contributed by atoms with Crippen LogP contribution in [0.4, 0.5) is 4.39 Å². The molecule has 0 saturated heterocycles. The highest BCUT2D eigenvalue weighted by Crippen LogP contribution is 2.17. The third-order valence-corrected chi connectivity index (χ3v) is 2.32. The second kappa shape index (κ2) is 3.62. The van der Waals surface area contributed by atoms with E-state index >= 15 is 0 Å². The quantitative estimate of drug-likeness (QED) is 0.711. The molecular weight excluding hydrogens is 179 g/mol. The van der Waals surface area contributed by atoms with E-state index in [1.807, 2.05) is 10.8 Å². The summed E-state index contributed by atoms with van der Waals surface area (Å²) in [7, 11) is 0. The van der Waals surface area contributed by atoms with Crippen LogP contribution >= 0.6 is 0 Å². The minimum atomic E-state index is -0.202. The van der Waals surface area contributed by atoms with Gasteiger partial charge in [-0.1, -0.05) is 12.1 Å². The molecule has 72 valence electrons. The van der Waals surface area contributed by atoms with E-state index < -0.39 is 0 Å². The minimum absolute atomic E-state index is 0.193. The maximum Gasteiger partial charge on any atom is 0.123 e. The van der Waals surface area contributed by atoms with Crippen LogP contribution in [0.2, 0.25) is 0 Å². The Bertz CT molecular complexity index is 392. The summed E-state index contributed by atoms with van der Waals surface area (Å²) in [5.41, 5.74) is 1.07. The normalized spacial score (nSPS) is 12.7. The van der Waals surface area contributed by atoms with E-state index in [9.17, 15) is 4.39 Å². The lowest BCUT2D eigenvalue weighted by molar-refractivity contribution is 0.615. The molecule has 1 atom stereocenters. The molecule has 0 radical (unpaired) electrons. The Morgan fingerprint density at radius 2 is 2.00 bits per heavy atom. The topological polar surface area (TPSA) is 17.8 Å². The first kappa shape index (κ1) is 8.94. The van der Waals surface area contributed by atoms with Gasteiger partial charge in [0.25, 0.3) is 0 Å². The van der Waals surface area contributed by atoms with Crippen LogP contribution in [0.3, 0.4) is 0 Å². The van der Waals surface area contributed by atoms with Gasteiger partial charge in [-0.2, -0.15) is 0 Å². The van der Waals surface area contributed by atoms with Crippen LogP contribution in [-0.2, 0) is 0 Å². The average molecular weight is 190 g/mol. The lowest BCUT2D eigenvalue weighted by Crippen LogP contribution is -2.03. The number of halogens is 1. The molecule has 2 aromatic rings. The van der Waals surface area contributed by atoms with Crippen LogP contribution in [0, 0.1) is 5.82 Å². The molecule has 0 unspecified atom stereocenters. The predicted octanol–water partition coefficient (Wildman–Crippen LogP) is 2.63. The Hall–Kier alpha value is -1.64. The Balaban J connectivity index is 2.28. The maximum absolute atomic E-state index is 12.7. The van der Waals surface area contributed by atoms with Gasteiger partial charge in [-0.3, -0.25) is 0 Å². The molecule has 0 aliphatic carbocycles. The summed E-state index contributed by atoms with van der Waals surface area (Å²) in [5.74, 6) is -0.202. The molecule has 0 N–H and O–H groups in total. The standard InChI is InChI=1S/C11H11FN2/c1-9(14-7-6-13-8-14)10-2-4-11(12)5-3-10/h2-9H,1H3/t9-/m1/s1. The minimum Gasteiger partial charge on any atom is -0.330 e. The van der Waals surface area contributed by atoms with Crippen LogP contribution in [0.25, 0.3) is 0 Å². The fraction of sp³-hybridized carbons (Fsp3) is 0.182. The third kappa shape index (κ3) is 1.66. The van der Waals surface area contributed by atoms with Crippen LogP contribution in [0.5, 0.6) is 0 Å². The van der Waals surface area contributed by atoms with Gasteiger partial charge in [0.15, 0.2) is 0 Å². The van der Waals surface area contributed by atoms with E-state index in [4.69, 9.17) is 0 Å². The smallest absolute Gasteiger partial charge is 0.123 e. The van der Waals surface area contributed by atoms with Crippen molar-refractivity contribution in [1.82, 2.24) is 9.55 Å². The summed E-state index contributed by atoms with van der Waals surface area (Å²) in [6, 6.07) is 6.73. The summed E-state index contributed by atoms with van der Waals surface area (Å²) in [5, 5.41) is 0.